The summed E-state index contributed by atoms with van der Waals surface area (Å²) in [5.41, 5.74) is 7.10. The van der Waals surface area contributed by atoms with Gasteiger partial charge in [0.1, 0.15) is 0 Å². The number of hydrogen-bond donors (Lipinski definition) is 3. The lowest BCUT2D eigenvalue weighted by Crippen LogP contribution is -2.32. The van der Waals surface area contributed by atoms with Gasteiger partial charge in [-0.2, -0.15) is 5.10 Å². The van der Waals surface area contributed by atoms with E-state index < -0.39 is 11.8 Å². The highest BCUT2D eigenvalue weighted by Gasteiger charge is 2.14. The topological polar surface area (TPSA) is 118 Å². The van der Waals surface area contributed by atoms with Crippen LogP contribution >= 0.6 is 0 Å². The quantitative estimate of drug-likeness (QED) is 0.232. The lowest BCUT2D eigenvalue weighted by atomic mass is 10.1. The number of carbonyl (C=O) groups excluding carboxylic acids is 3. The molecule has 0 saturated carbocycles. The van der Waals surface area contributed by atoms with Gasteiger partial charge in [0.25, 0.3) is 5.91 Å². The highest BCUT2D eigenvalue weighted by molar-refractivity contribution is 6.39. The maximum absolute atomic E-state index is 12.2. The van der Waals surface area contributed by atoms with Crippen molar-refractivity contribution in [2.75, 3.05) is 24.4 Å². The molecule has 0 aliphatic carbocycles. The molecule has 0 bridgehead atoms. The second kappa shape index (κ2) is 12.9. The molecule has 3 N–H and O–H groups in total. The Morgan fingerprint density at radius 1 is 0.919 bits per heavy atom. The number of carbonyl (C=O) groups is 3. The Morgan fingerprint density at radius 2 is 1.68 bits per heavy atom. The van der Waals surface area contributed by atoms with Gasteiger partial charge in [0.2, 0.25) is 0 Å². The summed E-state index contributed by atoms with van der Waals surface area (Å²) in [5, 5.41) is 9.19. The SMILES string of the molecule is CCc1ccc(NC(=O)COc2ccc(/C=N\NC(=O)C(=O)Nc3cccc(C)c3C)cc2OC)cc1. The summed E-state index contributed by atoms with van der Waals surface area (Å²) in [5.74, 6) is -1.29. The van der Waals surface area contributed by atoms with Crippen molar-refractivity contribution in [2.24, 2.45) is 5.10 Å². The van der Waals surface area contributed by atoms with Crippen LogP contribution in [0.2, 0.25) is 0 Å². The van der Waals surface area contributed by atoms with E-state index in [9.17, 15) is 14.4 Å². The third-order valence-corrected chi connectivity index (χ3v) is 5.63. The van der Waals surface area contributed by atoms with Crippen molar-refractivity contribution < 1.29 is 23.9 Å². The summed E-state index contributed by atoms with van der Waals surface area (Å²) in [7, 11) is 1.47. The first-order valence-electron chi connectivity index (χ1n) is 11.7. The number of nitrogens with one attached hydrogen (secondary N) is 3. The minimum absolute atomic E-state index is 0.203. The molecule has 0 aromatic heterocycles. The molecule has 37 heavy (non-hydrogen) atoms. The van der Waals surface area contributed by atoms with Crippen LogP contribution in [-0.4, -0.2) is 37.7 Å². The molecule has 0 fully saturated rings. The van der Waals surface area contributed by atoms with E-state index in [1.54, 1.807) is 30.3 Å². The van der Waals surface area contributed by atoms with Crippen LogP contribution in [0.4, 0.5) is 11.4 Å². The molecule has 3 amide bonds. The van der Waals surface area contributed by atoms with Crippen LogP contribution in [0.1, 0.15) is 29.2 Å². The van der Waals surface area contributed by atoms with Gasteiger partial charge in [0, 0.05) is 11.4 Å². The maximum Gasteiger partial charge on any atom is 0.329 e. The van der Waals surface area contributed by atoms with Gasteiger partial charge in [-0.1, -0.05) is 31.2 Å². The largest absolute Gasteiger partial charge is 0.493 e. The molecule has 3 aromatic carbocycles. The molecular weight excluding hydrogens is 472 g/mol. The van der Waals surface area contributed by atoms with Crippen molar-refractivity contribution in [2.45, 2.75) is 27.2 Å². The number of ether oxygens (including phenoxy) is 2. The molecule has 0 aliphatic heterocycles. The summed E-state index contributed by atoms with van der Waals surface area (Å²) in [6.07, 6.45) is 2.29. The average molecular weight is 503 g/mol. The van der Waals surface area contributed by atoms with E-state index >= 15 is 0 Å². The standard InChI is InChI=1S/C28H30N4O5/c1-5-20-9-12-22(13-10-20)30-26(33)17-37-24-14-11-21(15-25(24)36-4)16-29-32-28(35)27(34)31-23-8-6-7-18(2)19(23)3/h6-16H,5,17H2,1-4H3,(H,30,33)(H,31,34)(H,32,35)/b29-16-. The Labute approximate surface area is 215 Å². The monoisotopic (exact) mass is 502 g/mol. The minimum Gasteiger partial charge on any atom is -0.493 e. The molecule has 3 aromatic rings. The van der Waals surface area contributed by atoms with E-state index in [-0.39, 0.29) is 12.5 Å². The molecular formula is C28H30N4O5. The molecule has 9 nitrogen and oxygen atoms in total. The molecule has 192 valence electrons. The summed E-state index contributed by atoms with van der Waals surface area (Å²) in [4.78, 5) is 36.5. The molecule has 0 spiro atoms. The van der Waals surface area contributed by atoms with E-state index in [1.807, 2.05) is 44.2 Å². The molecule has 0 aliphatic rings. The summed E-state index contributed by atoms with van der Waals surface area (Å²) < 4.78 is 11.0. The minimum atomic E-state index is -0.903. The first-order chi connectivity index (χ1) is 17.8. The smallest absolute Gasteiger partial charge is 0.329 e. The number of nitrogens with zero attached hydrogens (tertiary/aromatic N) is 1. The van der Waals surface area contributed by atoms with E-state index in [4.69, 9.17) is 9.47 Å². The fraction of sp³-hybridized carbons (Fsp3) is 0.214. The second-order valence-electron chi connectivity index (χ2n) is 8.20. The van der Waals surface area contributed by atoms with Crippen LogP contribution in [0.3, 0.4) is 0 Å². The molecule has 0 unspecified atom stereocenters. The first-order valence-corrected chi connectivity index (χ1v) is 11.7. The van der Waals surface area contributed by atoms with Crippen molar-refractivity contribution in [3.63, 3.8) is 0 Å². The normalized spacial score (nSPS) is 10.6. The summed E-state index contributed by atoms with van der Waals surface area (Å²) >= 11 is 0. The molecule has 0 saturated heterocycles. The average Bonchev–Trinajstić information content (AvgIpc) is 2.90. The number of hydrogen-bond acceptors (Lipinski definition) is 6. The summed E-state index contributed by atoms with van der Waals surface area (Å²) in [6.45, 7) is 5.64. The zero-order valence-electron chi connectivity index (χ0n) is 21.3. The molecule has 0 radical (unpaired) electrons. The lowest BCUT2D eigenvalue weighted by molar-refractivity contribution is -0.136. The van der Waals surface area contributed by atoms with Crippen LogP contribution < -0.4 is 25.5 Å². The Kier molecular flexibility index (Phi) is 9.37. The fourth-order valence-corrected chi connectivity index (χ4v) is 3.33. The number of hydrazone groups is 1. The predicted molar refractivity (Wildman–Crippen MR) is 143 cm³/mol. The van der Waals surface area contributed by atoms with Gasteiger partial charge in [-0.15, -0.1) is 0 Å². The number of rotatable bonds is 9. The number of aryl methyl sites for hydroxylation is 2. The van der Waals surface area contributed by atoms with Gasteiger partial charge in [0.05, 0.1) is 13.3 Å². The third-order valence-electron chi connectivity index (χ3n) is 5.63. The van der Waals surface area contributed by atoms with E-state index in [0.717, 1.165) is 17.5 Å². The Balaban J connectivity index is 1.53. The number of anilines is 2. The number of amides is 3. The predicted octanol–water partition coefficient (Wildman–Crippen LogP) is 3.98. The zero-order chi connectivity index (χ0) is 26.8. The lowest BCUT2D eigenvalue weighted by Gasteiger charge is -2.11. The second-order valence-corrected chi connectivity index (χ2v) is 8.20. The molecule has 0 atom stereocenters. The van der Waals surface area contributed by atoms with Gasteiger partial charge >= 0.3 is 11.8 Å². The maximum atomic E-state index is 12.2. The number of methoxy groups -OCH3 is 1. The van der Waals surface area contributed by atoms with Gasteiger partial charge in [0.15, 0.2) is 18.1 Å². The van der Waals surface area contributed by atoms with Crippen LogP contribution in [0, 0.1) is 13.8 Å². The molecule has 3 rings (SSSR count). The Hall–Kier alpha value is -4.66. The van der Waals surface area contributed by atoms with Crippen molar-refractivity contribution in [1.29, 1.82) is 0 Å². The van der Waals surface area contributed by atoms with Crippen molar-refractivity contribution in [3.05, 3.63) is 82.9 Å². The molecule has 0 heterocycles. The van der Waals surface area contributed by atoms with Crippen LogP contribution in [-0.2, 0) is 20.8 Å². The zero-order valence-corrected chi connectivity index (χ0v) is 21.3. The summed E-state index contributed by atoms with van der Waals surface area (Å²) in [6, 6.07) is 18.0. The van der Waals surface area contributed by atoms with Crippen LogP contribution in [0.15, 0.2) is 65.8 Å². The van der Waals surface area contributed by atoms with Crippen LogP contribution in [0.5, 0.6) is 11.5 Å². The van der Waals surface area contributed by atoms with Crippen molar-refractivity contribution >= 4 is 35.3 Å². The third kappa shape index (κ3) is 7.66. The van der Waals surface area contributed by atoms with E-state index in [0.29, 0.717) is 28.4 Å². The Bertz CT molecular complexity index is 1300. The highest BCUT2D eigenvalue weighted by atomic mass is 16.5. The first kappa shape index (κ1) is 26.9. The van der Waals surface area contributed by atoms with E-state index in [2.05, 4.69) is 28.1 Å². The fourth-order valence-electron chi connectivity index (χ4n) is 3.33. The van der Waals surface area contributed by atoms with E-state index in [1.165, 1.54) is 18.9 Å². The highest BCUT2D eigenvalue weighted by Crippen LogP contribution is 2.27. The molecule has 9 heteroatoms. The van der Waals surface area contributed by atoms with Gasteiger partial charge in [-0.05, 0) is 78.9 Å². The van der Waals surface area contributed by atoms with Gasteiger partial charge < -0.3 is 20.1 Å². The Morgan fingerprint density at radius 3 is 2.38 bits per heavy atom. The van der Waals surface area contributed by atoms with Gasteiger partial charge in [-0.25, -0.2) is 5.43 Å². The van der Waals surface area contributed by atoms with Crippen LogP contribution in [0.25, 0.3) is 0 Å². The number of benzene rings is 3. The van der Waals surface area contributed by atoms with Crippen molar-refractivity contribution in [1.82, 2.24) is 5.43 Å². The van der Waals surface area contributed by atoms with Gasteiger partial charge in [-0.3, -0.25) is 14.4 Å². The van der Waals surface area contributed by atoms with Crippen molar-refractivity contribution in [3.8, 4) is 11.5 Å².